The van der Waals surface area contributed by atoms with Crippen LogP contribution >= 0.6 is 23.2 Å². The number of hydrogen-bond acceptors (Lipinski definition) is 2. The van der Waals surface area contributed by atoms with Crippen molar-refractivity contribution in [2.75, 3.05) is 0 Å². The molecule has 1 aromatic carbocycles. The van der Waals surface area contributed by atoms with E-state index in [2.05, 4.69) is 11.4 Å². The van der Waals surface area contributed by atoms with Gasteiger partial charge in [-0.1, -0.05) is 29.6 Å². The summed E-state index contributed by atoms with van der Waals surface area (Å²) in [6.45, 7) is 0.711. The van der Waals surface area contributed by atoms with E-state index in [0.29, 0.717) is 22.6 Å². The molecule has 0 saturated heterocycles. The van der Waals surface area contributed by atoms with E-state index in [0.717, 1.165) is 24.8 Å². The summed E-state index contributed by atoms with van der Waals surface area (Å²) in [7, 11) is 0. The van der Waals surface area contributed by atoms with Crippen LogP contribution in [0.2, 0.25) is 10.0 Å². The predicted molar refractivity (Wildman–Crippen MR) is 70.0 cm³/mol. The minimum Gasteiger partial charge on any atom is -0.309 e. The molecule has 1 saturated carbocycles. The molecule has 0 spiro atoms. The zero-order valence-corrected chi connectivity index (χ0v) is 10.9. The van der Waals surface area contributed by atoms with Crippen molar-refractivity contribution in [2.24, 2.45) is 5.92 Å². The van der Waals surface area contributed by atoms with Gasteiger partial charge in [0.25, 0.3) is 0 Å². The quantitative estimate of drug-likeness (QED) is 0.906. The monoisotopic (exact) mass is 268 g/mol. The van der Waals surface area contributed by atoms with Crippen LogP contribution in [0.3, 0.4) is 0 Å². The Morgan fingerprint density at radius 2 is 1.94 bits per heavy atom. The summed E-state index contributed by atoms with van der Waals surface area (Å²) in [5.74, 6) is 0.143. The Balaban J connectivity index is 1.96. The first-order chi connectivity index (χ1) is 8.19. The van der Waals surface area contributed by atoms with Crippen LogP contribution in [0, 0.1) is 17.2 Å². The van der Waals surface area contributed by atoms with Gasteiger partial charge in [0.2, 0.25) is 0 Å². The molecule has 0 radical (unpaired) electrons. The van der Waals surface area contributed by atoms with Crippen molar-refractivity contribution in [3.05, 3.63) is 33.8 Å². The average molecular weight is 269 g/mol. The molecule has 0 aliphatic heterocycles. The summed E-state index contributed by atoms with van der Waals surface area (Å²) >= 11 is 11.9. The van der Waals surface area contributed by atoms with Gasteiger partial charge in [0.15, 0.2) is 0 Å². The summed E-state index contributed by atoms with van der Waals surface area (Å²) in [6.07, 6.45) is 3.21. The van der Waals surface area contributed by atoms with Gasteiger partial charge in [-0.3, -0.25) is 0 Å². The minimum absolute atomic E-state index is 0.143. The molecular formula is C13H14Cl2N2. The molecule has 2 atom stereocenters. The van der Waals surface area contributed by atoms with Crippen LogP contribution in [0.25, 0.3) is 0 Å². The van der Waals surface area contributed by atoms with Gasteiger partial charge in [-0.05, 0) is 36.6 Å². The molecule has 2 nitrogen and oxygen atoms in total. The third kappa shape index (κ3) is 3.35. The van der Waals surface area contributed by atoms with Gasteiger partial charge in [-0.15, -0.1) is 0 Å². The van der Waals surface area contributed by atoms with Crippen LogP contribution in [-0.4, -0.2) is 6.04 Å². The van der Waals surface area contributed by atoms with E-state index in [4.69, 9.17) is 28.5 Å². The number of nitrogens with zero attached hydrogens (tertiary/aromatic N) is 1. The van der Waals surface area contributed by atoms with Crippen LogP contribution < -0.4 is 5.32 Å². The van der Waals surface area contributed by atoms with E-state index < -0.39 is 0 Å². The second-order valence-corrected chi connectivity index (χ2v) is 5.30. The maximum atomic E-state index is 8.99. The Labute approximate surface area is 112 Å². The van der Waals surface area contributed by atoms with Gasteiger partial charge >= 0.3 is 0 Å². The number of halogens is 2. The SMILES string of the molecule is N#CC1CCCC1NCc1cc(Cl)cc(Cl)c1. The summed E-state index contributed by atoms with van der Waals surface area (Å²) in [5.41, 5.74) is 1.06. The molecule has 1 N–H and O–H groups in total. The lowest BCUT2D eigenvalue weighted by Crippen LogP contribution is -2.31. The lowest BCUT2D eigenvalue weighted by atomic mass is 10.1. The molecule has 2 unspecified atom stereocenters. The largest absolute Gasteiger partial charge is 0.309 e. The summed E-state index contributed by atoms with van der Waals surface area (Å²) in [5, 5.41) is 13.7. The first kappa shape index (κ1) is 12.7. The molecule has 1 aromatic rings. The molecule has 1 fully saturated rings. The third-order valence-electron chi connectivity index (χ3n) is 3.17. The molecule has 4 heteroatoms. The van der Waals surface area contributed by atoms with Gasteiger partial charge in [0.1, 0.15) is 0 Å². The maximum Gasteiger partial charge on any atom is 0.0672 e. The van der Waals surface area contributed by atoms with Crippen molar-refractivity contribution < 1.29 is 0 Å². The second-order valence-electron chi connectivity index (χ2n) is 4.43. The highest BCUT2D eigenvalue weighted by Gasteiger charge is 2.26. The second kappa shape index (κ2) is 5.73. The first-order valence-corrected chi connectivity index (χ1v) is 6.52. The highest BCUT2D eigenvalue weighted by atomic mass is 35.5. The standard InChI is InChI=1S/C13H14Cl2N2/c14-11-4-9(5-12(15)6-11)8-17-13-3-1-2-10(13)7-16/h4-6,10,13,17H,1-3,8H2. The molecule has 17 heavy (non-hydrogen) atoms. The van der Waals surface area contributed by atoms with Crippen LogP contribution in [0.15, 0.2) is 18.2 Å². The number of nitrogens with one attached hydrogen (secondary N) is 1. The van der Waals surface area contributed by atoms with Crippen molar-refractivity contribution in [1.82, 2.24) is 5.32 Å². The normalized spacial score (nSPS) is 23.6. The fourth-order valence-corrected chi connectivity index (χ4v) is 2.89. The van der Waals surface area contributed by atoms with Crippen molar-refractivity contribution in [3.8, 4) is 6.07 Å². The number of benzene rings is 1. The van der Waals surface area contributed by atoms with Crippen molar-refractivity contribution in [1.29, 1.82) is 5.26 Å². The lowest BCUT2D eigenvalue weighted by molar-refractivity contribution is 0.464. The Hall–Kier alpha value is -0.750. The van der Waals surface area contributed by atoms with Crippen LogP contribution in [0.4, 0.5) is 0 Å². The molecular weight excluding hydrogens is 255 g/mol. The fourth-order valence-electron chi connectivity index (χ4n) is 2.32. The topological polar surface area (TPSA) is 35.8 Å². The van der Waals surface area contributed by atoms with Crippen LogP contribution in [0.5, 0.6) is 0 Å². The third-order valence-corrected chi connectivity index (χ3v) is 3.61. The van der Waals surface area contributed by atoms with E-state index in [1.165, 1.54) is 0 Å². The molecule has 0 aromatic heterocycles. The Morgan fingerprint density at radius 1 is 1.24 bits per heavy atom. The van der Waals surface area contributed by atoms with Crippen molar-refractivity contribution in [2.45, 2.75) is 31.8 Å². The predicted octanol–water partition coefficient (Wildman–Crippen LogP) is 3.78. The average Bonchev–Trinajstić information content (AvgIpc) is 2.72. The summed E-state index contributed by atoms with van der Waals surface area (Å²) < 4.78 is 0. The van der Waals surface area contributed by atoms with Crippen molar-refractivity contribution >= 4 is 23.2 Å². The van der Waals surface area contributed by atoms with E-state index in [1.807, 2.05) is 12.1 Å². The fraction of sp³-hybridized carbons (Fsp3) is 0.462. The Morgan fingerprint density at radius 3 is 2.59 bits per heavy atom. The molecule has 0 amide bonds. The van der Waals surface area contributed by atoms with Gasteiger partial charge in [0.05, 0.1) is 12.0 Å². The van der Waals surface area contributed by atoms with E-state index >= 15 is 0 Å². The van der Waals surface area contributed by atoms with E-state index in [9.17, 15) is 0 Å². The van der Waals surface area contributed by atoms with Crippen LogP contribution in [0.1, 0.15) is 24.8 Å². The van der Waals surface area contributed by atoms with Crippen LogP contribution in [-0.2, 0) is 6.54 Å². The van der Waals surface area contributed by atoms with Gasteiger partial charge in [0, 0.05) is 22.6 Å². The van der Waals surface area contributed by atoms with E-state index in [-0.39, 0.29) is 5.92 Å². The van der Waals surface area contributed by atoms with Gasteiger partial charge in [-0.2, -0.15) is 5.26 Å². The number of hydrogen-bond donors (Lipinski definition) is 1. The molecule has 0 bridgehead atoms. The summed E-state index contributed by atoms with van der Waals surface area (Å²) in [6, 6.07) is 8.18. The highest BCUT2D eigenvalue weighted by Crippen LogP contribution is 2.25. The van der Waals surface area contributed by atoms with Gasteiger partial charge in [-0.25, -0.2) is 0 Å². The molecule has 2 rings (SSSR count). The Kier molecular flexibility index (Phi) is 4.28. The van der Waals surface area contributed by atoms with Gasteiger partial charge < -0.3 is 5.32 Å². The maximum absolute atomic E-state index is 8.99. The highest BCUT2D eigenvalue weighted by molar-refractivity contribution is 6.34. The molecule has 1 aliphatic carbocycles. The first-order valence-electron chi connectivity index (χ1n) is 5.77. The van der Waals surface area contributed by atoms with Crippen molar-refractivity contribution in [3.63, 3.8) is 0 Å². The lowest BCUT2D eigenvalue weighted by Gasteiger charge is -2.15. The zero-order chi connectivity index (χ0) is 12.3. The number of nitriles is 1. The number of rotatable bonds is 3. The minimum atomic E-state index is 0.143. The molecule has 1 aliphatic rings. The Bertz CT molecular complexity index is 419. The molecule has 90 valence electrons. The smallest absolute Gasteiger partial charge is 0.0672 e. The summed E-state index contributed by atoms with van der Waals surface area (Å²) in [4.78, 5) is 0. The van der Waals surface area contributed by atoms with E-state index in [1.54, 1.807) is 6.07 Å². The zero-order valence-electron chi connectivity index (χ0n) is 9.42. The molecule has 0 heterocycles.